The van der Waals surface area contributed by atoms with Crippen molar-refractivity contribution in [3.63, 3.8) is 0 Å². The van der Waals surface area contributed by atoms with Gasteiger partial charge in [-0.1, -0.05) is 40.5 Å². The summed E-state index contributed by atoms with van der Waals surface area (Å²) >= 11 is 9.72. The summed E-state index contributed by atoms with van der Waals surface area (Å²) in [6, 6.07) is 13.7. The summed E-state index contributed by atoms with van der Waals surface area (Å²) in [6.07, 6.45) is 0. The number of benzene rings is 2. The Morgan fingerprint density at radius 2 is 1.80 bits per heavy atom. The largest absolute Gasteiger partial charge is 0.457 e. The van der Waals surface area contributed by atoms with Gasteiger partial charge in [-0.3, -0.25) is 0 Å². The third-order valence-corrected chi connectivity index (χ3v) is 3.85. The molecule has 0 aromatic heterocycles. The van der Waals surface area contributed by atoms with E-state index in [0.29, 0.717) is 5.02 Å². The first-order valence-electron chi connectivity index (χ1n) is 6.56. The van der Waals surface area contributed by atoms with E-state index in [2.05, 4.69) is 35.1 Å². The number of rotatable bonds is 5. The van der Waals surface area contributed by atoms with Crippen molar-refractivity contribution < 1.29 is 4.74 Å². The van der Waals surface area contributed by atoms with E-state index in [9.17, 15) is 0 Å². The zero-order valence-electron chi connectivity index (χ0n) is 11.5. The minimum atomic E-state index is 0.231. The minimum absolute atomic E-state index is 0.231. The highest BCUT2D eigenvalue weighted by atomic mass is 79.9. The molecule has 2 aromatic rings. The molecule has 1 atom stereocenters. The summed E-state index contributed by atoms with van der Waals surface area (Å²) in [5.41, 5.74) is 1.08. The van der Waals surface area contributed by atoms with Gasteiger partial charge in [0.1, 0.15) is 11.5 Å². The van der Waals surface area contributed by atoms with Crippen molar-refractivity contribution in [3.8, 4) is 11.5 Å². The molecule has 0 saturated carbocycles. The highest BCUT2D eigenvalue weighted by Crippen LogP contribution is 2.30. The van der Waals surface area contributed by atoms with Crippen LogP contribution >= 0.6 is 27.5 Å². The number of halogens is 2. The Kier molecular flexibility index (Phi) is 5.46. The van der Waals surface area contributed by atoms with E-state index >= 15 is 0 Å². The summed E-state index contributed by atoms with van der Waals surface area (Å²) in [5, 5.41) is 4.06. The number of hydrogen-bond donors (Lipinski definition) is 1. The van der Waals surface area contributed by atoms with Crippen LogP contribution in [0.1, 0.15) is 25.5 Å². The van der Waals surface area contributed by atoms with Crippen LogP contribution in [0.2, 0.25) is 5.02 Å². The molecule has 0 spiro atoms. The maximum Gasteiger partial charge on any atom is 0.128 e. The van der Waals surface area contributed by atoms with Crippen LogP contribution in [0.5, 0.6) is 11.5 Å². The maximum atomic E-state index is 6.32. The van der Waals surface area contributed by atoms with Crippen molar-refractivity contribution in [3.05, 3.63) is 57.5 Å². The average molecular weight is 355 g/mol. The monoisotopic (exact) mass is 353 g/mol. The normalized spacial score (nSPS) is 12.2. The molecule has 20 heavy (non-hydrogen) atoms. The average Bonchev–Trinajstić information content (AvgIpc) is 2.42. The van der Waals surface area contributed by atoms with Gasteiger partial charge in [-0.15, -0.1) is 0 Å². The first-order valence-corrected chi connectivity index (χ1v) is 7.73. The van der Waals surface area contributed by atoms with E-state index in [1.54, 1.807) is 0 Å². The van der Waals surface area contributed by atoms with Crippen molar-refractivity contribution in [2.75, 3.05) is 6.54 Å². The Morgan fingerprint density at radius 3 is 2.40 bits per heavy atom. The highest BCUT2D eigenvalue weighted by molar-refractivity contribution is 9.10. The first kappa shape index (κ1) is 15.4. The van der Waals surface area contributed by atoms with Gasteiger partial charge >= 0.3 is 0 Å². The van der Waals surface area contributed by atoms with Gasteiger partial charge in [0.15, 0.2) is 0 Å². The van der Waals surface area contributed by atoms with Crippen molar-refractivity contribution in [2.45, 2.75) is 19.9 Å². The van der Waals surface area contributed by atoms with E-state index < -0.39 is 0 Å². The number of hydrogen-bond acceptors (Lipinski definition) is 2. The predicted molar refractivity (Wildman–Crippen MR) is 87.8 cm³/mol. The van der Waals surface area contributed by atoms with E-state index in [1.165, 1.54) is 0 Å². The van der Waals surface area contributed by atoms with Gasteiger partial charge in [-0.25, -0.2) is 0 Å². The molecule has 0 aliphatic rings. The fourth-order valence-corrected chi connectivity index (χ4v) is 2.58. The summed E-state index contributed by atoms with van der Waals surface area (Å²) < 4.78 is 6.81. The lowest BCUT2D eigenvalue weighted by molar-refractivity contribution is 0.482. The molecule has 106 valence electrons. The molecule has 0 aliphatic carbocycles. The maximum absolute atomic E-state index is 6.32. The van der Waals surface area contributed by atoms with E-state index in [0.717, 1.165) is 28.1 Å². The van der Waals surface area contributed by atoms with Gasteiger partial charge < -0.3 is 10.1 Å². The second kappa shape index (κ2) is 7.11. The summed E-state index contributed by atoms with van der Waals surface area (Å²) in [5.74, 6) is 1.53. The van der Waals surface area contributed by atoms with Crippen LogP contribution in [-0.4, -0.2) is 6.54 Å². The van der Waals surface area contributed by atoms with Crippen LogP contribution in [0.3, 0.4) is 0 Å². The van der Waals surface area contributed by atoms with Gasteiger partial charge in [0.2, 0.25) is 0 Å². The molecule has 1 unspecified atom stereocenters. The number of nitrogens with one attached hydrogen (secondary N) is 1. The molecular formula is C16H17BrClNO. The second-order valence-electron chi connectivity index (χ2n) is 4.52. The zero-order valence-corrected chi connectivity index (χ0v) is 13.8. The zero-order chi connectivity index (χ0) is 14.5. The van der Waals surface area contributed by atoms with E-state index in [4.69, 9.17) is 16.3 Å². The van der Waals surface area contributed by atoms with E-state index in [1.807, 2.05) is 42.5 Å². The van der Waals surface area contributed by atoms with Crippen molar-refractivity contribution in [1.82, 2.24) is 5.32 Å². The summed E-state index contributed by atoms with van der Waals surface area (Å²) in [6.45, 7) is 5.09. The van der Waals surface area contributed by atoms with Crippen LogP contribution in [0, 0.1) is 0 Å². The van der Waals surface area contributed by atoms with Crippen LogP contribution < -0.4 is 10.1 Å². The molecule has 0 heterocycles. The lowest BCUT2D eigenvalue weighted by Crippen LogP contribution is -2.17. The highest BCUT2D eigenvalue weighted by Gasteiger charge is 2.09. The first-order chi connectivity index (χ1) is 9.60. The molecule has 0 amide bonds. The lowest BCUT2D eigenvalue weighted by Gasteiger charge is -2.15. The third-order valence-electron chi connectivity index (χ3n) is 3.00. The lowest BCUT2D eigenvalue weighted by atomic mass is 10.1. The SMILES string of the molecule is CCNC(C)c1ccc(Oc2ccc(Br)cc2)cc1Cl. The Bertz CT molecular complexity index is 571. The molecule has 0 aliphatic heterocycles. The predicted octanol–water partition coefficient (Wildman–Crippen LogP) is 5.57. The summed E-state index contributed by atoms with van der Waals surface area (Å²) in [7, 11) is 0. The van der Waals surface area contributed by atoms with E-state index in [-0.39, 0.29) is 6.04 Å². The molecular weight excluding hydrogens is 338 g/mol. The van der Waals surface area contributed by atoms with Crippen molar-refractivity contribution >= 4 is 27.5 Å². The molecule has 0 bridgehead atoms. The second-order valence-corrected chi connectivity index (χ2v) is 5.84. The standard InChI is InChI=1S/C16H17BrClNO/c1-3-19-11(2)15-9-8-14(10-16(15)18)20-13-6-4-12(17)5-7-13/h4-11,19H,3H2,1-2H3. The van der Waals surface area contributed by atoms with Crippen molar-refractivity contribution in [2.24, 2.45) is 0 Å². The smallest absolute Gasteiger partial charge is 0.128 e. The Labute approximate surface area is 133 Å². The van der Waals surface area contributed by atoms with Gasteiger partial charge in [-0.2, -0.15) is 0 Å². The Balaban J connectivity index is 2.14. The Morgan fingerprint density at radius 1 is 1.15 bits per heavy atom. The number of ether oxygens (including phenoxy) is 1. The summed E-state index contributed by atoms with van der Waals surface area (Å²) in [4.78, 5) is 0. The Hall–Kier alpha value is -1.03. The fourth-order valence-electron chi connectivity index (χ4n) is 1.98. The fraction of sp³-hybridized carbons (Fsp3) is 0.250. The molecule has 2 nitrogen and oxygen atoms in total. The van der Waals surface area contributed by atoms with Gasteiger partial charge in [0.05, 0.1) is 0 Å². The molecule has 1 N–H and O–H groups in total. The third kappa shape index (κ3) is 3.98. The van der Waals surface area contributed by atoms with Crippen LogP contribution in [0.15, 0.2) is 46.9 Å². The van der Waals surface area contributed by atoms with Gasteiger partial charge in [0.25, 0.3) is 0 Å². The quantitative estimate of drug-likeness (QED) is 0.758. The van der Waals surface area contributed by atoms with Crippen molar-refractivity contribution in [1.29, 1.82) is 0 Å². The molecule has 4 heteroatoms. The van der Waals surface area contributed by atoms with Crippen LogP contribution in [0.25, 0.3) is 0 Å². The molecule has 0 saturated heterocycles. The molecule has 0 fully saturated rings. The minimum Gasteiger partial charge on any atom is -0.457 e. The van der Waals surface area contributed by atoms with Crippen LogP contribution in [-0.2, 0) is 0 Å². The van der Waals surface area contributed by atoms with Crippen LogP contribution in [0.4, 0.5) is 0 Å². The van der Waals surface area contributed by atoms with Gasteiger partial charge in [-0.05, 0) is 55.4 Å². The molecule has 0 radical (unpaired) electrons. The molecule has 2 rings (SSSR count). The van der Waals surface area contributed by atoms with Gasteiger partial charge in [0, 0.05) is 15.5 Å². The topological polar surface area (TPSA) is 21.3 Å². The molecule has 2 aromatic carbocycles.